The van der Waals surface area contributed by atoms with Crippen molar-refractivity contribution in [2.75, 3.05) is 0 Å². The Morgan fingerprint density at radius 1 is 0.389 bits per heavy atom. The van der Waals surface area contributed by atoms with E-state index >= 15 is 0 Å². The number of rotatable bonds is 7. The summed E-state index contributed by atoms with van der Waals surface area (Å²) in [5.74, 6) is 0.451. The Kier molecular flexibility index (Phi) is 10.2. The molecule has 9 nitrogen and oxygen atoms in total. The van der Waals surface area contributed by atoms with Gasteiger partial charge in [0.1, 0.15) is 6.07 Å². The largest absolute Gasteiger partial charge is 0.308 e. The van der Waals surface area contributed by atoms with Crippen molar-refractivity contribution in [2.45, 2.75) is 0 Å². The molecule has 12 aromatic rings. The molecule has 9 aromatic carbocycles. The molecule has 0 fully saturated rings. The van der Waals surface area contributed by atoms with Gasteiger partial charge >= 0.3 is 0 Å². The van der Waals surface area contributed by atoms with E-state index in [0.29, 0.717) is 50.8 Å². The maximum Gasteiger partial charge on any atom is 0.184 e. The number of hydrogen-bond acceptors (Lipinski definition) is 5. The SMILES string of the molecule is [C-]#[N+]c1ccc(-c2ccc3c(c2)c2ccccc2n3-c2cc(-c3nc(-c4ccccc4)cc(-c4ccccc4)n3)c(-n3c4ccccc4c4cc(-c5ccc(C#N)cc5C#N)ccc43)cc2C#N)c([N+]#[C-])c1. The summed E-state index contributed by atoms with van der Waals surface area (Å²) in [5.41, 5.74) is 13.9. The Balaban J connectivity index is 1.17. The first-order valence-electron chi connectivity index (χ1n) is 23.0. The number of para-hydroxylation sites is 2. The molecule has 3 heterocycles. The molecule has 0 aliphatic carbocycles. The second-order valence-corrected chi connectivity index (χ2v) is 17.3. The van der Waals surface area contributed by atoms with E-state index in [0.717, 1.165) is 88.4 Å². The summed E-state index contributed by atoms with van der Waals surface area (Å²) in [7, 11) is 0. The number of fused-ring (bicyclic) bond motifs is 6. The predicted octanol–water partition coefficient (Wildman–Crippen LogP) is 15.7. The standard InChI is InChI=1S/C63H33N9/c1-67-46-24-26-48(56(33-46)68-2)43-23-28-59-52(31-43)49-17-9-11-19-57(49)71(59)61-34-53(63-69-54(40-13-5-3-6-14-40)35-55(70-63)41-15-7-4-8-16-41)62(32-45(61)38-66)72-58-20-12-10-18-50(58)51-30-42(22-27-60(51)72)47-25-21-39(36-64)29-44(47)37-65/h3-35H. The van der Waals surface area contributed by atoms with Gasteiger partial charge in [0.05, 0.1) is 86.8 Å². The third-order valence-corrected chi connectivity index (χ3v) is 13.3. The predicted molar refractivity (Wildman–Crippen MR) is 285 cm³/mol. The average Bonchev–Trinajstić information content (AvgIpc) is 3.96. The molecule has 0 N–H and O–H groups in total. The van der Waals surface area contributed by atoms with Crippen molar-refractivity contribution in [1.82, 2.24) is 19.1 Å². The molecule has 0 atom stereocenters. The van der Waals surface area contributed by atoms with Gasteiger partial charge in [0.2, 0.25) is 0 Å². The summed E-state index contributed by atoms with van der Waals surface area (Å²) >= 11 is 0. The lowest BCUT2D eigenvalue weighted by Gasteiger charge is -2.19. The minimum atomic E-state index is 0.397. The van der Waals surface area contributed by atoms with E-state index in [1.165, 1.54) is 0 Å². The number of nitrogens with zero attached hydrogens (tertiary/aromatic N) is 9. The zero-order valence-corrected chi connectivity index (χ0v) is 38.1. The van der Waals surface area contributed by atoms with Crippen LogP contribution < -0.4 is 0 Å². The van der Waals surface area contributed by atoms with Crippen LogP contribution in [0.25, 0.3) is 121 Å². The Morgan fingerprint density at radius 3 is 1.50 bits per heavy atom. The molecule has 0 saturated heterocycles. The quantitative estimate of drug-likeness (QED) is 0.148. The van der Waals surface area contributed by atoms with Gasteiger partial charge in [-0.15, -0.1) is 0 Å². The van der Waals surface area contributed by atoms with Gasteiger partial charge in [0.15, 0.2) is 17.2 Å². The molecule has 0 aliphatic heterocycles. The Hall–Kier alpha value is -10.9. The van der Waals surface area contributed by atoms with Crippen molar-refractivity contribution in [3.63, 3.8) is 0 Å². The van der Waals surface area contributed by atoms with Gasteiger partial charge in [0, 0.05) is 38.2 Å². The van der Waals surface area contributed by atoms with E-state index in [1.54, 1.807) is 24.3 Å². The van der Waals surface area contributed by atoms with Crippen LogP contribution in [-0.4, -0.2) is 19.1 Å². The number of nitriles is 3. The van der Waals surface area contributed by atoms with E-state index < -0.39 is 0 Å². The van der Waals surface area contributed by atoms with Crippen LogP contribution >= 0.6 is 0 Å². The van der Waals surface area contributed by atoms with Crippen LogP contribution in [0, 0.1) is 47.1 Å². The Labute approximate surface area is 413 Å². The molecule has 12 rings (SSSR count). The molecular formula is C63H33N9. The first-order valence-corrected chi connectivity index (χ1v) is 23.0. The lowest BCUT2D eigenvalue weighted by atomic mass is 9.97. The molecule has 0 bridgehead atoms. The summed E-state index contributed by atoms with van der Waals surface area (Å²) < 4.78 is 4.30. The van der Waals surface area contributed by atoms with Crippen molar-refractivity contribution < 1.29 is 0 Å². The topological polar surface area (TPSA) is 116 Å². The summed E-state index contributed by atoms with van der Waals surface area (Å²) in [4.78, 5) is 18.1. The molecule has 0 radical (unpaired) electrons. The lowest BCUT2D eigenvalue weighted by molar-refractivity contribution is 1.11. The fourth-order valence-corrected chi connectivity index (χ4v) is 9.98. The zero-order valence-electron chi connectivity index (χ0n) is 38.1. The number of hydrogen-bond donors (Lipinski definition) is 0. The minimum absolute atomic E-state index is 0.397. The van der Waals surface area contributed by atoms with Crippen molar-refractivity contribution >= 4 is 55.0 Å². The molecule has 0 saturated carbocycles. The molecule has 0 aliphatic rings. The molecule has 0 amide bonds. The van der Waals surface area contributed by atoms with Gasteiger partial charge in [0.25, 0.3) is 0 Å². The van der Waals surface area contributed by atoms with Crippen molar-refractivity contribution in [1.29, 1.82) is 15.8 Å². The van der Waals surface area contributed by atoms with Crippen LogP contribution in [0.5, 0.6) is 0 Å². The highest BCUT2D eigenvalue weighted by Gasteiger charge is 2.25. The molecule has 72 heavy (non-hydrogen) atoms. The van der Waals surface area contributed by atoms with E-state index in [4.69, 9.17) is 23.1 Å². The number of benzene rings is 9. The van der Waals surface area contributed by atoms with E-state index in [1.807, 2.05) is 140 Å². The van der Waals surface area contributed by atoms with E-state index in [2.05, 4.69) is 73.4 Å². The second-order valence-electron chi connectivity index (χ2n) is 17.3. The first-order chi connectivity index (χ1) is 35.5. The zero-order chi connectivity index (χ0) is 48.9. The van der Waals surface area contributed by atoms with Crippen molar-refractivity contribution in [3.05, 3.63) is 240 Å². The van der Waals surface area contributed by atoms with Crippen molar-refractivity contribution in [3.8, 4) is 85.7 Å². The van der Waals surface area contributed by atoms with Crippen molar-refractivity contribution in [2.24, 2.45) is 0 Å². The fraction of sp³-hybridized carbons (Fsp3) is 0. The maximum absolute atomic E-state index is 11.4. The Bertz CT molecular complexity index is 4390. The van der Waals surface area contributed by atoms with Crippen LogP contribution in [-0.2, 0) is 0 Å². The summed E-state index contributed by atoms with van der Waals surface area (Å²) in [5, 5.41) is 35.0. The molecule has 0 spiro atoms. The molecule has 330 valence electrons. The van der Waals surface area contributed by atoms with Gasteiger partial charge in [-0.1, -0.05) is 133 Å². The highest BCUT2D eigenvalue weighted by molar-refractivity contribution is 6.13. The van der Waals surface area contributed by atoms with Crippen LogP contribution in [0.1, 0.15) is 16.7 Å². The highest BCUT2D eigenvalue weighted by Crippen LogP contribution is 2.43. The average molecular weight is 916 g/mol. The maximum atomic E-state index is 11.4. The van der Waals surface area contributed by atoms with E-state index in [-0.39, 0.29) is 0 Å². The van der Waals surface area contributed by atoms with Gasteiger partial charge < -0.3 is 9.13 Å². The van der Waals surface area contributed by atoms with Crippen LogP contribution in [0.15, 0.2) is 200 Å². The number of aromatic nitrogens is 4. The monoisotopic (exact) mass is 915 g/mol. The lowest BCUT2D eigenvalue weighted by Crippen LogP contribution is -2.06. The van der Waals surface area contributed by atoms with Crippen LogP contribution in [0.4, 0.5) is 11.4 Å². The normalized spacial score (nSPS) is 11.0. The minimum Gasteiger partial charge on any atom is -0.308 e. The third kappa shape index (κ3) is 6.98. The smallest absolute Gasteiger partial charge is 0.184 e. The van der Waals surface area contributed by atoms with Gasteiger partial charge in [-0.25, -0.2) is 19.7 Å². The summed E-state index contributed by atoms with van der Waals surface area (Å²) in [6.45, 7) is 15.5. The molecular weight excluding hydrogens is 883 g/mol. The van der Waals surface area contributed by atoms with Gasteiger partial charge in [-0.05, 0) is 89.0 Å². The van der Waals surface area contributed by atoms with Gasteiger partial charge in [-0.3, -0.25) is 0 Å². The summed E-state index contributed by atoms with van der Waals surface area (Å²) in [6.07, 6.45) is 0. The second kappa shape index (κ2) is 17.3. The first kappa shape index (κ1) is 42.5. The molecule has 3 aromatic heterocycles. The molecule has 9 heteroatoms. The fourth-order valence-electron chi connectivity index (χ4n) is 9.98. The van der Waals surface area contributed by atoms with Gasteiger partial charge in [-0.2, -0.15) is 15.8 Å². The third-order valence-electron chi connectivity index (χ3n) is 13.3. The Morgan fingerprint density at radius 2 is 0.931 bits per heavy atom. The van der Waals surface area contributed by atoms with E-state index in [9.17, 15) is 15.8 Å². The summed E-state index contributed by atoms with van der Waals surface area (Å²) in [6, 6.07) is 71.9. The van der Waals surface area contributed by atoms with Crippen LogP contribution in [0.2, 0.25) is 0 Å². The molecule has 0 unspecified atom stereocenters. The van der Waals surface area contributed by atoms with Crippen LogP contribution in [0.3, 0.4) is 0 Å². The highest BCUT2D eigenvalue weighted by atomic mass is 15.0.